The highest BCUT2D eigenvalue weighted by Crippen LogP contribution is 2.16. The van der Waals surface area contributed by atoms with Gasteiger partial charge in [0.2, 0.25) is 0 Å². The zero-order chi connectivity index (χ0) is 13.5. The molecule has 0 aliphatic heterocycles. The molecule has 0 fully saturated rings. The van der Waals surface area contributed by atoms with E-state index in [1.807, 2.05) is 35.7 Å². The maximum Gasteiger partial charge on any atom is 0.133 e. The Hall–Kier alpha value is -1.45. The number of hydrogen-bond acceptors (Lipinski definition) is 3. The van der Waals surface area contributed by atoms with Gasteiger partial charge in [-0.15, -0.1) is 0 Å². The summed E-state index contributed by atoms with van der Waals surface area (Å²) in [7, 11) is 0. The Balaban J connectivity index is 1.71. The molecule has 0 saturated carbocycles. The highest BCUT2D eigenvalue weighted by atomic mass is 32.1. The summed E-state index contributed by atoms with van der Waals surface area (Å²) < 4.78 is 0. The fraction of sp³-hybridized carbons (Fsp3) is 0.312. The summed E-state index contributed by atoms with van der Waals surface area (Å²) >= 11 is 1.68. The van der Waals surface area contributed by atoms with Crippen LogP contribution in [0.15, 0.2) is 47.2 Å². The van der Waals surface area contributed by atoms with Crippen LogP contribution in [0.5, 0.6) is 0 Å². The zero-order valence-corrected chi connectivity index (χ0v) is 11.7. The van der Waals surface area contributed by atoms with Crippen LogP contribution < -0.4 is 5.73 Å². The highest BCUT2D eigenvalue weighted by molar-refractivity contribution is 7.07. The number of hydrogen-bond donors (Lipinski definition) is 1. The summed E-state index contributed by atoms with van der Waals surface area (Å²) in [6.07, 6.45) is 2.77. The van der Waals surface area contributed by atoms with Gasteiger partial charge in [-0.1, -0.05) is 30.3 Å². The molecule has 2 nitrogen and oxygen atoms in total. The van der Waals surface area contributed by atoms with Crippen LogP contribution in [0, 0.1) is 0 Å². The summed E-state index contributed by atoms with van der Waals surface area (Å²) in [5, 5.41) is 4.15. The van der Waals surface area contributed by atoms with Crippen LogP contribution >= 0.6 is 11.3 Å². The molecule has 0 aliphatic carbocycles. The standard InChI is InChI=1S/C16H19NOS/c17-16(14-4-2-1-3-5-14)9-8-15(18)7-6-13-10-11-19-12-13/h1-5,10-12,16H,6-9,17H2. The summed E-state index contributed by atoms with van der Waals surface area (Å²) in [4.78, 5) is 11.8. The van der Waals surface area contributed by atoms with Crippen LogP contribution in [0.25, 0.3) is 0 Å². The first kappa shape index (κ1) is 14.0. The van der Waals surface area contributed by atoms with Crippen LogP contribution in [0.1, 0.15) is 36.4 Å². The number of aryl methyl sites for hydroxylation is 1. The van der Waals surface area contributed by atoms with E-state index in [1.54, 1.807) is 11.3 Å². The second-order valence-electron chi connectivity index (χ2n) is 4.73. The topological polar surface area (TPSA) is 43.1 Å². The third-order valence-corrected chi connectivity index (χ3v) is 3.97. The first-order valence-corrected chi connectivity index (χ1v) is 7.53. The van der Waals surface area contributed by atoms with Crippen molar-refractivity contribution in [3.63, 3.8) is 0 Å². The Labute approximate surface area is 118 Å². The predicted octanol–water partition coefficient (Wildman–Crippen LogP) is 3.73. The van der Waals surface area contributed by atoms with Crippen molar-refractivity contribution in [1.29, 1.82) is 0 Å². The van der Waals surface area contributed by atoms with E-state index in [-0.39, 0.29) is 6.04 Å². The lowest BCUT2D eigenvalue weighted by atomic mass is 10.00. The molecule has 0 radical (unpaired) electrons. The molecule has 1 unspecified atom stereocenters. The van der Waals surface area contributed by atoms with E-state index in [2.05, 4.69) is 11.4 Å². The molecule has 3 heteroatoms. The number of benzene rings is 1. The van der Waals surface area contributed by atoms with E-state index >= 15 is 0 Å². The van der Waals surface area contributed by atoms with Crippen molar-refractivity contribution in [1.82, 2.24) is 0 Å². The lowest BCUT2D eigenvalue weighted by Crippen LogP contribution is -2.12. The molecule has 1 aromatic carbocycles. The van der Waals surface area contributed by atoms with Gasteiger partial charge in [-0.05, 0) is 40.8 Å². The lowest BCUT2D eigenvalue weighted by Gasteiger charge is -2.11. The molecule has 1 heterocycles. The largest absolute Gasteiger partial charge is 0.324 e. The van der Waals surface area contributed by atoms with Crippen molar-refractivity contribution in [3.05, 3.63) is 58.3 Å². The fourth-order valence-electron chi connectivity index (χ4n) is 2.03. The Kier molecular flexibility index (Phi) is 5.31. The van der Waals surface area contributed by atoms with Crippen molar-refractivity contribution in [2.45, 2.75) is 31.7 Å². The van der Waals surface area contributed by atoms with E-state index in [1.165, 1.54) is 5.56 Å². The van der Waals surface area contributed by atoms with E-state index < -0.39 is 0 Å². The van der Waals surface area contributed by atoms with Gasteiger partial charge in [0.1, 0.15) is 5.78 Å². The molecule has 0 spiro atoms. The number of nitrogens with two attached hydrogens (primary N) is 1. The number of ketones is 1. The van der Waals surface area contributed by atoms with E-state index in [9.17, 15) is 4.79 Å². The molecule has 2 aromatic rings. The van der Waals surface area contributed by atoms with Crippen LogP contribution in [0.2, 0.25) is 0 Å². The molecule has 19 heavy (non-hydrogen) atoms. The van der Waals surface area contributed by atoms with Gasteiger partial charge in [0.05, 0.1) is 0 Å². The van der Waals surface area contributed by atoms with Crippen molar-refractivity contribution in [3.8, 4) is 0 Å². The van der Waals surface area contributed by atoms with Gasteiger partial charge in [0, 0.05) is 18.9 Å². The van der Waals surface area contributed by atoms with Gasteiger partial charge in [-0.2, -0.15) is 11.3 Å². The number of rotatable bonds is 7. The minimum Gasteiger partial charge on any atom is -0.324 e. The normalized spacial score (nSPS) is 12.3. The van der Waals surface area contributed by atoms with Crippen LogP contribution in [0.4, 0.5) is 0 Å². The molecule has 0 saturated heterocycles. The van der Waals surface area contributed by atoms with E-state index in [0.29, 0.717) is 18.6 Å². The SMILES string of the molecule is NC(CCC(=O)CCc1ccsc1)c1ccccc1. The molecule has 0 aliphatic rings. The molecule has 0 amide bonds. The second kappa shape index (κ2) is 7.22. The third-order valence-electron chi connectivity index (χ3n) is 3.23. The predicted molar refractivity (Wildman–Crippen MR) is 80.3 cm³/mol. The summed E-state index contributed by atoms with van der Waals surface area (Å²) in [6.45, 7) is 0. The zero-order valence-electron chi connectivity index (χ0n) is 10.9. The molecule has 100 valence electrons. The van der Waals surface area contributed by atoms with Crippen molar-refractivity contribution < 1.29 is 4.79 Å². The number of Topliss-reactive ketones (excluding diaryl/α,β-unsaturated/α-hetero) is 1. The summed E-state index contributed by atoms with van der Waals surface area (Å²) in [5.74, 6) is 0.303. The lowest BCUT2D eigenvalue weighted by molar-refractivity contribution is -0.119. The van der Waals surface area contributed by atoms with Gasteiger partial charge in [-0.25, -0.2) is 0 Å². The van der Waals surface area contributed by atoms with Gasteiger partial charge in [0.15, 0.2) is 0 Å². The number of carbonyl (C=O) groups is 1. The fourth-order valence-corrected chi connectivity index (χ4v) is 2.73. The second-order valence-corrected chi connectivity index (χ2v) is 5.51. The quantitative estimate of drug-likeness (QED) is 0.835. The van der Waals surface area contributed by atoms with Crippen molar-refractivity contribution in [2.24, 2.45) is 5.73 Å². The Morgan fingerprint density at radius 1 is 1.16 bits per heavy atom. The summed E-state index contributed by atoms with van der Waals surface area (Å²) in [5.41, 5.74) is 8.44. The maximum atomic E-state index is 11.8. The Morgan fingerprint density at radius 2 is 1.95 bits per heavy atom. The average Bonchev–Trinajstić information content (AvgIpc) is 2.96. The third kappa shape index (κ3) is 4.62. The van der Waals surface area contributed by atoms with Crippen molar-refractivity contribution >= 4 is 17.1 Å². The van der Waals surface area contributed by atoms with Crippen LogP contribution in [0.3, 0.4) is 0 Å². The molecule has 0 bridgehead atoms. The van der Waals surface area contributed by atoms with E-state index in [4.69, 9.17) is 5.73 Å². The van der Waals surface area contributed by atoms with Gasteiger partial charge >= 0.3 is 0 Å². The van der Waals surface area contributed by atoms with Gasteiger partial charge < -0.3 is 5.73 Å². The molecule has 2 N–H and O–H groups in total. The van der Waals surface area contributed by atoms with E-state index in [0.717, 1.165) is 18.4 Å². The minimum absolute atomic E-state index is 0.0358. The van der Waals surface area contributed by atoms with Crippen LogP contribution in [-0.4, -0.2) is 5.78 Å². The first-order valence-electron chi connectivity index (χ1n) is 6.59. The smallest absolute Gasteiger partial charge is 0.133 e. The number of thiophene rings is 1. The molecular formula is C16H19NOS. The Bertz CT molecular complexity index is 493. The molecule has 1 atom stereocenters. The minimum atomic E-state index is -0.0358. The average molecular weight is 273 g/mol. The Morgan fingerprint density at radius 3 is 2.63 bits per heavy atom. The van der Waals surface area contributed by atoms with Crippen molar-refractivity contribution in [2.75, 3.05) is 0 Å². The maximum absolute atomic E-state index is 11.8. The number of carbonyl (C=O) groups excluding carboxylic acids is 1. The molecular weight excluding hydrogens is 254 g/mol. The van der Waals surface area contributed by atoms with Gasteiger partial charge in [-0.3, -0.25) is 4.79 Å². The monoisotopic (exact) mass is 273 g/mol. The summed E-state index contributed by atoms with van der Waals surface area (Å²) in [6, 6.07) is 12.0. The molecule has 2 rings (SSSR count). The molecule has 1 aromatic heterocycles. The highest BCUT2D eigenvalue weighted by Gasteiger charge is 2.09. The first-order chi connectivity index (χ1) is 9.25. The van der Waals surface area contributed by atoms with Crippen LogP contribution in [-0.2, 0) is 11.2 Å². The van der Waals surface area contributed by atoms with Gasteiger partial charge in [0.25, 0.3) is 0 Å².